The summed E-state index contributed by atoms with van der Waals surface area (Å²) in [7, 11) is 0. The standard InChI is InChI=1S/C22H21N7O2S/c23-21-26-22(29(27-21)20(30)16-1-6-19-15(13-16)7-12-32-19)25-17-2-4-18(5-3-17)31-11-10-28-9-8-24-14-28/h1-9,12-14,21,27H,10-11,23H2,(H,25,26). The molecule has 0 bridgehead atoms. The lowest BCUT2D eigenvalue weighted by Gasteiger charge is -2.20. The average molecular weight is 448 g/mol. The summed E-state index contributed by atoms with van der Waals surface area (Å²) in [5.74, 6) is 0.842. The van der Waals surface area contributed by atoms with Gasteiger partial charge < -0.3 is 14.6 Å². The second kappa shape index (κ2) is 8.79. The maximum atomic E-state index is 13.1. The van der Waals surface area contributed by atoms with Crippen molar-refractivity contribution >= 4 is 39.0 Å². The number of fused-ring (bicyclic) bond motifs is 1. The molecule has 1 aliphatic heterocycles. The number of aromatic nitrogens is 2. The van der Waals surface area contributed by atoms with Gasteiger partial charge in [0, 0.05) is 28.3 Å². The molecule has 162 valence electrons. The minimum absolute atomic E-state index is 0.239. The highest BCUT2D eigenvalue weighted by molar-refractivity contribution is 7.17. The fourth-order valence-corrected chi connectivity index (χ4v) is 4.11. The normalized spacial score (nSPS) is 15.7. The minimum atomic E-state index is -0.711. The van der Waals surface area contributed by atoms with E-state index >= 15 is 0 Å². The van der Waals surface area contributed by atoms with E-state index in [0.29, 0.717) is 24.7 Å². The Morgan fingerprint density at radius 3 is 2.91 bits per heavy atom. The number of ether oxygens (including phenoxy) is 1. The Labute approximate surface area is 188 Å². The van der Waals surface area contributed by atoms with Gasteiger partial charge in [-0.25, -0.2) is 15.0 Å². The summed E-state index contributed by atoms with van der Waals surface area (Å²) in [4.78, 5) is 21.4. The molecule has 5 rings (SSSR count). The lowest BCUT2D eigenvalue weighted by Crippen LogP contribution is -2.49. The molecule has 0 fully saturated rings. The molecule has 0 saturated heterocycles. The number of thiophene rings is 1. The number of amides is 1. The van der Waals surface area contributed by atoms with E-state index in [1.165, 1.54) is 5.01 Å². The molecular formula is C22H21N7O2S. The predicted molar refractivity (Wildman–Crippen MR) is 124 cm³/mol. The smallest absolute Gasteiger partial charge is 0.275 e. The molecule has 1 atom stereocenters. The van der Waals surface area contributed by atoms with Crippen molar-refractivity contribution < 1.29 is 9.53 Å². The van der Waals surface area contributed by atoms with Gasteiger partial charge >= 0.3 is 0 Å². The van der Waals surface area contributed by atoms with Crippen LogP contribution in [0, 0.1) is 0 Å². The molecule has 3 heterocycles. The Kier molecular flexibility index (Phi) is 5.55. The molecule has 0 saturated carbocycles. The summed E-state index contributed by atoms with van der Waals surface area (Å²) in [5.41, 5.74) is 10.1. The fraction of sp³-hybridized carbons (Fsp3) is 0.136. The Morgan fingerprint density at radius 1 is 1.22 bits per heavy atom. The summed E-state index contributed by atoms with van der Waals surface area (Å²) in [6.07, 6.45) is 4.67. The first kappa shape index (κ1) is 20.2. The van der Waals surface area contributed by atoms with Crippen LogP contribution < -0.4 is 21.2 Å². The number of hydrogen-bond acceptors (Lipinski definition) is 8. The molecular weight excluding hydrogens is 426 g/mol. The molecule has 1 unspecified atom stereocenters. The van der Waals surface area contributed by atoms with E-state index in [1.807, 2.05) is 58.6 Å². The maximum absolute atomic E-state index is 13.1. The van der Waals surface area contributed by atoms with Crippen molar-refractivity contribution in [3.8, 4) is 5.75 Å². The van der Waals surface area contributed by atoms with Gasteiger partial charge in [-0.05, 0) is 59.3 Å². The summed E-state index contributed by atoms with van der Waals surface area (Å²) < 4.78 is 8.85. The first-order chi connectivity index (χ1) is 15.7. The van der Waals surface area contributed by atoms with Crippen molar-refractivity contribution in [1.82, 2.24) is 20.0 Å². The van der Waals surface area contributed by atoms with Crippen molar-refractivity contribution in [3.63, 3.8) is 0 Å². The van der Waals surface area contributed by atoms with Crippen LogP contribution in [-0.2, 0) is 6.54 Å². The lowest BCUT2D eigenvalue weighted by molar-refractivity contribution is 0.0793. The number of anilines is 1. The number of nitrogens with two attached hydrogens (primary N) is 1. The summed E-state index contributed by atoms with van der Waals surface area (Å²) in [6, 6.07) is 15.0. The van der Waals surface area contributed by atoms with Gasteiger partial charge in [0.2, 0.25) is 5.96 Å². The Hall–Kier alpha value is -3.73. The van der Waals surface area contributed by atoms with E-state index in [9.17, 15) is 4.79 Å². The minimum Gasteiger partial charge on any atom is -0.492 e. The van der Waals surface area contributed by atoms with Crippen molar-refractivity contribution in [3.05, 3.63) is 78.2 Å². The third kappa shape index (κ3) is 4.33. The summed E-state index contributed by atoms with van der Waals surface area (Å²) in [5, 5.41) is 7.53. The maximum Gasteiger partial charge on any atom is 0.275 e. The molecule has 1 aliphatic rings. The molecule has 10 heteroatoms. The van der Waals surface area contributed by atoms with Crippen LogP contribution in [0.4, 0.5) is 5.69 Å². The van der Waals surface area contributed by atoms with E-state index in [4.69, 9.17) is 10.5 Å². The number of imidazole rings is 1. The van der Waals surface area contributed by atoms with E-state index in [0.717, 1.165) is 21.5 Å². The Morgan fingerprint density at radius 2 is 2.09 bits per heavy atom. The lowest BCUT2D eigenvalue weighted by atomic mass is 10.1. The molecule has 0 radical (unpaired) electrons. The van der Waals surface area contributed by atoms with Gasteiger partial charge in [-0.2, -0.15) is 5.43 Å². The SMILES string of the molecule is NC1N=C(Nc2ccc(OCCn3ccnc3)cc2)N(C(=O)c2ccc3sccc3c2)N1. The average Bonchev–Trinajstić information content (AvgIpc) is 3.55. The zero-order valence-corrected chi connectivity index (χ0v) is 17.8. The van der Waals surface area contributed by atoms with Crippen LogP contribution in [0.25, 0.3) is 10.1 Å². The first-order valence-corrected chi connectivity index (χ1v) is 10.9. The van der Waals surface area contributed by atoms with E-state index in [-0.39, 0.29) is 5.91 Å². The number of nitrogens with one attached hydrogen (secondary N) is 2. The first-order valence-electron chi connectivity index (χ1n) is 10.0. The highest BCUT2D eigenvalue weighted by Gasteiger charge is 2.29. The predicted octanol–water partition coefficient (Wildman–Crippen LogP) is 2.85. The van der Waals surface area contributed by atoms with Crippen molar-refractivity contribution in [2.45, 2.75) is 12.8 Å². The second-order valence-corrected chi connectivity index (χ2v) is 8.09. The van der Waals surface area contributed by atoms with Crippen LogP contribution in [-0.4, -0.2) is 39.3 Å². The van der Waals surface area contributed by atoms with E-state index in [1.54, 1.807) is 29.9 Å². The molecule has 0 aliphatic carbocycles. The fourth-order valence-electron chi connectivity index (χ4n) is 3.34. The number of benzene rings is 2. The molecule has 2 aromatic heterocycles. The van der Waals surface area contributed by atoms with Gasteiger partial charge in [0.15, 0.2) is 6.29 Å². The van der Waals surface area contributed by atoms with E-state index in [2.05, 4.69) is 20.7 Å². The quantitative estimate of drug-likeness (QED) is 0.419. The number of rotatable bonds is 6. The van der Waals surface area contributed by atoms with Crippen LogP contribution in [0.5, 0.6) is 5.75 Å². The summed E-state index contributed by atoms with van der Waals surface area (Å²) in [6.45, 7) is 1.25. The van der Waals surface area contributed by atoms with Gasteiger partial charge in [0.1, 0.15) is 12.4 Å². The number of nitrogens with zero attached hydrogens (tertiary/aromatic N) is 4. The molecule has 4 aromatic rings. The van der Waals surface area contributed by atoms with Gasteiger partial charge in [-0.3, -0.25) is 10.5 Å². The zero-order chi connectivity index (χ0) is 21.9. The zero-order valence-electron chi connectivity index (χ0n) is 17.0. The third-order valence-corrected chi connectivity index (χ3v) is 5.82. The Balaban J connectivity index is 1.24. The molecule has 2 aromatic carbocycles. The number of carbonyl (C=O) groups is 1. The van der Waals surface area contributed by atoms with Gasteiger partial charge in [0.25, 0.3) is 5.91 Å². The highest BCUT2D eigenvalue weighted by Crippen LogP contribution is 2.23. The number of carbonyl (C=O) groups excluding carboxylic acids is 1. The monoisotopic (exact) mass is 447 g/mol. The number of hydrogen-bond donors (Lipinski definition) is 3. The van der Waals surface area contributed by atoms with Crippen molar-refractivity contribution in [2.24, 2.45) is 10.7 Å². The summed E-state index contributed by atoms with van der Waals surface area (Å²) >= 11 is 1.64. The van der Waals surface area contributed by atoms with Crippen LogP contribution >= 0.6 is 11.3 Å². The number of guanidine groups is 1. The molecule has 9 nitrogen and oxygen atoms in total. The topological polar surface area (TPSA) is 110 Å². The van der Waals surface area contributed by atoms with E-state index < -0.39 is 6.29 Å². The molecule has 1 amide bonds. The van der Waals surface area contributed by atoms with Gasteiger partial charge in [-0.1, -0.05) is 0 Å². The van der Waals surface area contributed by atoms with Crippen LogP contribution in [0.15, 0.2) is 77.6 Å². The van der Waals surface area contributed by atoms with Crippen molar-refractivity contribution in [1.29, 1.82) is 0 Å². The van der Waals surface area contributed by atoms with Crippen LogP contribution in [0.3, 0.4) is 0 Å². The number of aliphatic imine (C=N–C) groups is 1. The molecule has 4 N–H and O–H groups in total. The second-order valence-electron chi connectivity index (χ2n) is 7.14. The molecule has 0 spiro atoms. The molecule has 32 heavy (non-hydrogen) atoms. The Bertz CT molecular complexity index is 1250. The largest absolute Gasteiger partial charge is 0.492 e. The van der Waals surface area contributed by atoms with Crippen molar-refractivity contribution in [2.75, 3.05) is 11.9 Å². The highest BCUT2D eigenvalue weighted by atomic mass is 32.1. The van der Waals surface area contributed by atoms with Gasteiger partial charge in [0.05, 0.1) is 12.9 Å². The third-order valence-electron chi connectivity index (χ3n) is 4.92. The van der Waals surface area contributed by atoms with Gasteiger partial charge in [-0.15, -0.1) is 11.3 Å². The van der Waals surface area contributed by atoms with Crippen LogP contribution in [0.2, 0.25) is 0 Å². The number of hydrazine groups is 1. The van der Waals surface area contributed by atoms with Crippen LogP contribution in [0.1, 0.15) is 10.4 Å².